The van der Waals surface area contributed by atoms with Crippen LogP contribution >= 0.6 is 0 Å². The summed E-state index contributed by atoms with van der Waals surface area (Å²) in [4.78, 5) is 17.1. The van der Waals surface area contributed by atoms with Crippen LogP contribution < -0.4 is 10.1 Å². The molecule has 0 bridgehead atoms. The summed E-state index contributed by atoms with van der Waals surface area (Å²) in [7, 11) is 0. The Labute approximate surface area is 160 Å². The maximum atomic E-state index is 12.8. The fourth-order valence-electron chi connectivity index (χ4n) is 2.84. The Hall–Kier alpha value is -3.14. The molecule has 0 radical (unpaired) electrons. The topological polar surface area (TPSA) is 51.2 Å². The lowest BCUT2D eigenvalue weighted by atomic mass is 9.96. The van der Waals surface area contributed by atoms with Gasteiger partial charge in [0.2, 0.25) is 5.88 Å². The van der Waals surface area contributed by atoms with Gasteiger partial charge in [-0.1, -0.05) is 42.5 Å². The summed E-state index contributed by atoms with van der Waals surface area (Å²) in [5.41, 5.74) is 2.96. The van der Waals surface area contributed by atoms with Crippen LogP contribution in [0.5, 0.6) is 11.6 Å². The molecule has 0 spiro atoms. The van der Waals surface area contributed by atoms with Crippen LogP contribution in [0.2, 0.25) is 0 Å². The quantitative estimate of drug-likeness (QED) is 0.680. The van der Waals surface area contributed by atoms with E-state index in [0.717, 1.165) is 16.7 Å². The molecular weight excluding hydrogens is 336 g/mol. The first-order valence-electron chi connectivity index (χ1n) is 8.95. The van der Waals surface area contributed by atoms with Crippen molar-refractivity contribution < 1.29 is 9.53 Å². The molecule has 0 fully saturated rings. The van der Waals surface area contributed by atoms with E-state index in [4.69, 9.17) is 4.74 Å². The van der Waals surface area contributed by atoms with Gasteiger partial charge in [-0.25, -0.2) is 4.98 Å². The van der Waals surface area contributed by atoms with Crippen LogP contribution in [-0.4, -0.2) is 16.4 Å². The molecule has 2 aromatic carbocycles. The molecule has 0 aliphatic carbocycles. The predicted molar refractivity (Wildman–Crippen MR) is 108 cm³/mol. The Balaban J connectivity index is 2.08. The average molecular weight is 360 g/mol. The molecule has 1 heterocycles. The first-order valence-corrected chi connectivity index (χ1v) is 8.95. The predicted octanol–water partition coefficient (Wildman–Crippen LogP) is 5.38. The summed E-state index contributed by atoms with van der Waals surface area (Å²) in [5.74, 6) is 1.11. The third-order valence-corrected chi connectivity index (χ3v) is 4.01. The van der Waals surface area contributed by atoms with Crippen LogP contribution in [0.3, 0.4) is 0 Å². The van der Waals surface area contributed by atoms with Crippen LogP contribution in [0.25, 0.3) is 11.1 Å². The minimum Gasteiger partial charge on any atom is -0.438 e. The molecule has 0 saturated carbocycles. The smallest absolute Gasteiger partial charge is 0.252 e. The maximum Gasteiger partial charge on any atom is 0.252 e. The van der Waals surface area contributed by atoms with Gasteiger partial charge in [0.05, 0.1) is 0 Å². The highest BCUT2D eigenvalue weighted by Crippen LogP contribution is 2.37. The number of aromatic nitrogens is 1. The van der Waals surface area contributed by atoms with Gasteiger partial charge in [0.25, 0.3) is 5.91 Å². The largest absolute Gasteiger partial charge is 0.438 e. The van der Waals surface area contributed by atoms with Crippen molar-refractivity contribution in [2.24, 2.45) is 0 Å². The first kappa shape index (κ1) is 18.6. The van der Waals surface area contributed by atoms with Gasteiger partial charge in [0, 0.05) is 28.9 Å². The van der Waals surface area contributed by atoms with E-state index < -0.39 is 0 Å². The zero-order valence-electron chi connectivity index (χ0n) is 16.1. The Morgan fingerprint density at radius 1 is 0.926 bits per heavy atom. The van der Waals surface area contributed by atoms with Crippen molar-refractivity contribution in [2.45, 2.75) is 33.2 Å². The third-order valence-electron chi connectivity index (χ3n) is 4.01. The Kier molecular flexibility index (Phi) is 5.26. The lowest BCUT2D eigenvalue weighted by Crippen LogP contribution is -2.40. The van der Waals surface area contributed by atoms with Gasteiger partial charge in [-0.15, -0.1) is 0 Å². The van der Waals surface area contributed by atoms with E-state index in [2.05, 4.69) is 10.3 Å². The second kappa shape index (κ2) is 7.62. The number of rotatable bonds is 4. The van der Waals surface area contributed by atoms with E-state index in [-0.39, 0.29) is 11.4 Å². The normalized spacial score (nSPS) is 11.1. The van der Waals surface area contributed by atoms with Gasteiger partial charge in [-0.05, 0) is 51.0 Å². The van der Waals surface area contributed by atoms with E-state index in [1.807, 2.05) is 88.4 Å². The summed E-state index contributed by atoms with van der Waals surface area (Å²) in [6.07, 6.45) is 1.69. The molecule has 27 heavy (non-hydrogen) atoms. The number of hydrogen-bond donors (Lipinski definition) is 1. The summed E-state index contributed by atoms with van der Waals surface area (Å²) in [6, 6.07) is 19.0. The molecule has 4 heteroatoms. The summed E-state index contributed by atoms with van der Waals surface area (Å²) in [6.45, 7) is 7.89. The lowest BCUT2D eigenvalue weighted by Gasteiger charge is -2.22. The summed E-state index contributed by atoms with van der Waals surface area (Å²) in [5, 5.41) is 3.04. The van der Waals surface area contributed by atoms with Crippen molar-refractivity contribution in [1.82, 2.24) is 10.3 Å². The Morgan fingerprint density at radius 3 is 2.33 bits per heavy atom. The second-order valence-corrected chi connectivity index (χ2v) is 7.47. The van der Waals surface area contributed by atoms with Crippen LogP contribution in [0.15, 0.2) is 66.9 Å². The first-order chi connectivity index (χ1) is 12.8. The Bertz CT molecular complexity index is 944. The van der Waals surface area contributed by atoms with Gasteiger partial charge in [0.15, 0.2) is 0 Å². The molecule has 3 aromatic rings. The molecule has 4 nitrogen and oxygen atoms in total. The number of carbonyl (C=O) groups excluding carboxylic acids is 1. The molecule has 1 aromatic heterocycles. The molecule has 1 N–H and O–H groups in total. The molecule has 3 rings (SSSR count). The minimum absolute atomic E-state index is 0.108. The Morgan fingerprint density at radius 2 is 1.63 bits per heavy atom. The standard InChI is InChI=1S/C23H24N2O2/c1-16-10-9-13-18(21(16)27-20-14-7-8-15-24-20)17-11-5-6-12-19(17)22(26)25-23(2,3)4/h5-15H,1-4H3,(H,25,26). The molecule has 0 aliphatic rings. The molecule has 1 amide bonds. The highest BCUT2D eigenvalue weighted by molar-refractivity contribution is 6.02. The molecule has 0 atom stereocenters. The van der Waals surface area contributed by atoms with Crippen molar-refractivity contribution in [3.05, 3.63) is 78.0 Å². The molecule has 0 saturated heterocycles. The molecular formula is C23H24N2O2. The van der Waals surface area contributed by atoms with Crippen molar-refractivity contribution in [3.63, 3.8) is 0 Å². The monoisotopic (exact) mass is 360 g/mol. The van der Waals surface area contributed by atoms with Gasteiger partial charge < -0.3 is 10.1 Å². The number of para-hydroxylation sites is 1. The molecule has 138 valence electrons. The van der Waals surface area contributed by atoms with Crippen molar-refractivity contribution in [1.29, 1.82) is 0 Å². The second-order valence-electron chi connectivity index (χ2n) is 7.47. The number of carbonyl (C=O) groups is 1. The number of hydrogen-bond acceptors (Lipinski definition) is 3. The van der Waals surface area contributed by atoms with Gasteiger partial charge in [-0.2, -0.15) is 0 Å². The number of benzene rings is 2. The number of ether oxygens (including phenoxy) is 1. The highest BCUT2D eigenvalue weighted by Gasteiger charge is 2.20. The zero-order valence-corrected chi connectivity index (χ0v) is 16.1. The average Bonchev–Trinajstić information content (AvgIpc) is 2.63. The fourth-order valence-corrected chi connectivity index (χ4v) is 2.84. The van der Waals surface area contributed by atoms with Crippen LogP contribution in [0.1, 0.15) is 36.7 Å². The molecule has 0 aliphatic heterocycles. The van der Waals surface area contributed by atoms with Crippen molar-refractivity contribution >= 4 is 5.91 Å². The van der Waals surface area contributed by atoms with Crippen molar-refractivity contribution in [2.75, 3.05) is 0 Å². The zero-order chi connectivity index (χ0) is 19.4. The van der Waals surface area contributed by atoms with E-state index in [1.54, 1.807) is 6.20 Å². The SMILES string of the molecule is Cc1cccc(-c2ccccc2C(=O)NC(C)(C)C)c1Oc1ccccn1. The van der Waals surface area contributed by atoms with E-state index in [0.29, 0.717) is 17.2 Å². The third kappa shape index (κ3) is 4.53. The van der Waals surface area contributed by atoms with Crippen LogP contribution in [-0.2, 0) is 0 Å². The van der Waals surface area contributed by atoms with E-state index >= 15 is 0 Å². The number of nitrogens with zero attached hydrogens (tertiary/aromatic N) is 1. The maximum absolute atomic E-state index is 12.8. The van der Waals surface area contributed by atoms with Gasteiger partial charge >= 0.3 is 0 Å². The number of aryl methyl sites for hydroxylation is 1. The number of pyridine rings is 1. The highest BCUT2D eigenvalue weighted by atomic mass is 16.5. The van der Waals surface area contributed by atoms with Crippen LogP contribution in [0, 0.1) is 6.92 Å². The van der Waals surface area contributed by atoms with Gasteiger partial charge in [-0.3, -0.25) is 4.79 Å². The minimum atomic E-state index is -0.315. The summed E-state index contributed by atoms with van der Waals surface area (Å²) < 4.78 is 6.09. The van der Waals surface area contributed by atoms with Crippen LogP contribution in [0.4, 0.5) is 0 Å². The lowest BCUT2D eigenvalue weighted by molar-refractivity contribution is 0.0920. The number of nitrogens with one attached hydrogen (secondary N) is 1. The molecule has 0 unspecified atom stereocenters. The summed E-state index contributed by atoms with van der Waals surface area (Å²) >= 11 is 0. The van der Waals surface area contributed by atoms with E-state index in [9.17, 15) is 4.79 Å². The van der Waals surface area contributed by atoms with Gasteiger partial charge in [0.1, 0.15) is 5.75 Å². The van der Waals surface area contributed by atoms with E-state index in [1.165, 1.54) is 0 Å². The number of amides is 1. The fraction of sp³-hybridized carbons (Fsp3) is 0.217. The van der Waals surface area contributed by atoms with Crippen molar-refractivity contribution in [3.8, 4) is 22.8 Å².